The molecule has 0 N–H and O–H groups in total. The van der Waals surface area contributed by atoms with Crippen molar-refractivity contribution in [3.05, 3.63) is 35.6 Å². The van der Waals surface area contributed by atoms with E-state index in [9.17, 15) is 4.39 Å². The van der Waals surface area contributed by atoms with Gasteiger partial charge in [-0.3, -0.25) is 0 Å². The standard InChI is InChI=1S/C12H14BrFO/c13-9-12(5-2-6-15-12)8-10-3-1-4-11(14)7-10/h1,3-4,7H,2,5-6,8-9H2. The Balaban J connectivity index is 2.12. The number of benzene rings is 1. The van der Waals surface area contributed by atoms with E-state index in [0.29, 0.717) is 0 Å². The Hall–Kier alpha value is -0.410. The zero-order chi connectivity index (χ0) is 10.7. The Labute approximate surface area is 97.8 Å². The van der Waals surface area contributed by atoms with Crippen LogP contribution in [0.1, 0.15) is 18.4 Å². The Morgan fingerprint density at radius 1 is 1.47 bits per heavy atom. The van der Waals surface area contributed by atoms with Crippen LogP contribution in [0.15, 0.2) is 24.3 Å². The van der Waals surface area contributed by atoms with Crippen molar-refractivity contribution in [1.29, 1.82) is 0 Å². The molecular formula is C12H14BrFO. The summed E-state index contributed by atoms with van der Waals surface area (Å²) in [4.78, 5) is 0. The summed E-state index contributed by atoms with van der Waals surface area (Å²) in [5, 5.41) is 0.816. The topological polar surface area (TPSA) is 9.23 Å². The molecule has 1 saturated heterocycles. The molecular weight excluding hydrogens is 259 g/mol. The Morgan fingerprint density at radius 3 is 2.93 bits per heavy atom. The molecule has 0 radical (unpaired) electrons. The third kappa shape index (κ3) is 2.58. The Kier molecular flexibility index (Phi) is 3.42. The van der Waals surface area contributed by atoms with Gasteiger partial charge < -0.3 is 4.74 Å². The fraction of sp³-hybridized carbons (Fsp3) is 0.500. The maximum absolute atomic E-state index is 13.0. The van der Waals surface area contributed by atoms with Gasteiger partial charge in [-0.25, -0.2) is 4.39 Å². The molecule has 1 unspecified atom stereocenters. The van der Waals surface area contributed by atoms with Crippen molar-refractivity contribution < 1.29 is 9.13 Å². The lowest BCUT2D eigenvalue weighted by molar-refractivity contribution is 0.0259. The van der Waals surface area contributed by atoms with Gasteiger partial charge in [0.2, 0.25) is 0 Å². The first kappa shape index (κ1) is 11.1. The third-order valence-electron chi connectivity index (χ3n) is 2.84. The van der Waals surface area contributed by atoms with Gasteiger partial charge in [0.1, 0.15) is 5.82 Å². The van der Waals surface area contributed by atoms with Gasteiger partial charge in [0.25, 0.3) is 0 Å². The van der Waals surface area contributed by atoms with E-state index in [1.165, 1.54) is 6.07 Å². The number of rotatable bonds is 3. The predicted molar refractivity (Wildman–Crippen MR) is 61.8 cm³/mol. The summed E-state index contributed by atoms with van der Waals surface area (Å²) in [5.74, 6) is -0.171. The van der Waals surface area contributed by atoms with Crippen molar-refractivity contribution in [3.8, 4) is 0 Å². The molecule has 1 aromatic rings. The Bertz CT molecular complexity index is 334. The van der Waals surface area contributed by atoms with Crippen LogP contribution in [0, 0.1) is 5.82 Å². The van der Waals surface area contributed by atoms with Crippen LogP contribution in [0.2, 0.25) is 0 Å². The van der Waals surface area contributed by atoms with Crippen molar-refractivity contribution in [2.24, 2.45) is 0 Å². The van der Waals surface area contributed by atoms with Crippen molar-refractivity contribution >= 4 is 15.9 Å². The predicted octanol–water partition coefficient (Wildman–Crippen LogP) is 3.31. The summed E-state index contributed by atoms with van der Waals surface area (Å²) < 4.78 is 18.8. The summed E-state index contributed by atoms with van der Waals surface area (Å²) in [6.45, 7) is 0.820. The minimum atomic E-state index is -0.171. The molecule has 1 nitrogen and oxygen atoms in total. The molecule has 3 heteroatoms. The zero-order valence-electron chi connectivity index (χ0n) is 8.51. The summed E-state index contributed by atoms with van der Waals surface area (Å²) in [7, 11) is 0. The van der Waals surface area contributed by atoms with Crippen LogP contribution in [0.4, 0.5) is 4.39 Å². The summed E-state index contributed by atoms with van der Waals surface area (Å²) in [6.07, 6.45) is 2.94. The van der Waals surface area contributed by atoms with Crippen molar-refractivity contribution in [3.63, 3.8) is 0 Å². The lowest BCUT2D eigenvalue weighted by Gasteiger charge is -2.26. The fourth-order valence-corrected chi connectivity index (χ4v) is 2.71. The van der Waals surface area contributed by atoms with Gasteiger partial charge in [-0.1, -0.05) is 28.1 Å². The van der Waals surface area contributed by atoms with E-state index in [1.807, 2.05) is 6.07 Å². The maximum Gasteiger partial charge on any atom is 0.123 e. The second-order valence-corrected chi connectivity index (χ2v) is 4.64. The highest BCUT2D eigenvalue weighted by atomic mass is 79.9. The highest BCUT2D eigenvalue weighted by molar-refractivity contribution is 9.09. The van der Waals surface area contributed by atoms with Crippen LogP contribution in [0.5, 0.6) is 0 Å². The second kappa shape index (κ2) is 4.62. The number of halogens is 2. The second-order valence-electron chi connectivity index (χ2n) is 4.08. The average Bonchev–Trinajstić information content (AvgIpc) is 2.67. The van der Waals surface area contributed by atoms with E-state index in [4.69, 9.17) is 4.74 Å². The van der Waals surface area contributed by atoms with Crippen molar-refractivity contribution in [2.45, 2.75) is 24.9 Å². The Morgan fingerprint density at radius 2 is 2.33 bits per heavy atom. The van der Waals surface area contributed by atoms with Crippen LogP contribution >= 0.6 is 15.9 Å². The van der Waals surface area contributed by atoms with E-state index in [2.05, 4.69) is 15.9 Å². The van der Waals surface area contributed by atoms with Crippen LogP contribution in [-0.4, -0.2) is 17.5 Å². The number of ether oxygens (including phenoxy) is 1. The highest BCUT2D eigenvalue weighted by Gasteiger charge is 2.34. The van der Waals surface area contributed by atoms with Crippen LogP contribution in [0.3, 0.4) is 0 Å². The minimum Gasteiger partial charge on any atom is -0.374 e. The first-order valence-electron chi connectivity index (χ1n) is 5.18. The SMILES string of the molecule is Fc1cccc(CC2(CBr)CCCO2)c1. The molecule has 1 aliphatic heterocycles. The third-order valence-corrected chi connectivity index (χ3v) is 3.87. The van der Waals surface area contributed by atoms with Gasteiger partial charge in [0, 0.05) is 18.4 Å². The summed E-state index contributed by atoms with van der Waals surface area (Å²) in [5.41, 5.74) is 0.893. The zero-order valence-corrected chi connectivity index (χ0v) is 10.1. The van der Waals surface area contributed by atoms with Crippen LogP contribution < -0.4 is 0 Å². The molecule has 0 spiro atoms. The van der Waals surface area contributed by atoms with Gasteiger partial charge in [0.15, 0.2) is 0 Å². The quantitative estimate of drug-likeness (QED) is 0.768. The number of hydrogen-bond donors (Lipinski definition) is 0. The highest BCUT2D eigenvalue weighted by Crippen LogP contribution is 2.31. The molecule has 1 atom stereocenters. The van der Waals surface area contributed by atoms with Gasteiger partial charge in [-0.2, -0.15) is 0 Å². The molecule has 0 saturated carbocycles. The smallest absolute Gasteiger partial charge is 0.123 e. The molecule has 0 bridgehead atoms. The lowest BCUT2D eigenvalue weighted by atomic mass is 9.93. The van der Waals surface area contributed by atoms with E-state index in [1.54, 1.807) is 12.1 Å². The number of hydrogen-bond acceptors (Lipinski definition) is 1. The molecule has 0 amide bonds. The fourth-order valence-electron chi connectivity index (χ4n) is 2.07. The van der Waals surface area contributed by atoms with Gasteiger partial charge >= 0.3 is 0 Å². The summed E-state index contributed by atoms with van der Waals surface area (Å²) >= 11 is 3.49. The lowest BCUT2D eigenvalue weighted by Crippen LogP contribution is -2.32. The first-order valence-corrected chi connectivity index (χ1v) is 6.31. The van der Waals surface area contributed by atoms with Crippen LogP contribution in [0.25, 0.3) is 0 Å². The maximum atomic E-state index is 13.0. The van der Waals surface area contributed by atoms with E-state index < -0.39 is 0 Å². The molecule has 15 heavy (non-hydrogen) atoms. The van der Waals surface area contributed by atoms with Crippen LogP contribution in [-0.2, 0) is 11.2 Å². The van der Waals surface area contributed by atoms with Crippen molar-refractivity contribution in [2.75, 3.05) is 11.9 Å². The molecule has 1 fully saturated rings. The first-order chi connectivity index (χ1) is 7.24. The molecule has 0 aromatic heterocycles. The van der Waals surface area contributed by atoms with Crippen molar-refractivity contribution in [1.82, 2.24) is 0 Å². The van der Waals surface area contributed by atoms with Gasteiger partial charge in [-0.15, -0.1) is 0 Å². The molecule has 2 rings (SSSR count). The largest absolute Gasteiger partial charge is 0.374 e. The molecule has 1 aromatic carbocycles. The van der Waals surface area contributed by atoms with E-state index >= 15 is 0 Å². The average molecular weight is 273 g/mol. The normalized spacial score (nSPS) is 25.7. The van der Waals surface area contributed by atoms with E-state index in [0.717, 1.165) is 36.8 Å². The van der Waals surface area contributed by atoms with Gasteiger partial charge in [0.05, 0.1) is 5.60 Å². The van der Waals surface area contributed by atoms with E-state index in [-0.39, 0.29) is 11.4 Å². The molecule has 1 aliphatic rings. The molecule has 0 aliphatic carbocycles. The summed E-state index contributed by atoms with van der Waals surface area (Å²) in [6, 6.07) is 6.77. The molecule has 1 heterocycles. The van der Waals surface area contributed by atoms with Gasteiger partial charge in [-0.05, 0) is 30.5 Å². The molecule has 82 valence electrons. The minimum absolute atomic E-state index is 0.117. The monoisotopic (exact) mass is 272 g/mol. The number of alkyl halides is 1.